The molecule has 2 nitrogen and oxygen atoms in total. The molecule has 0 spiro atoms. The summed E-state index contributed by atoms with van der Waals surface area (Å²) in [6, 6.07) is 4.60. The molecular formula is C8H10FNO. The van der Waals surface area contributed by atoms with Gasteiger partial charge in [0.15, 0.2) is 0 Å². The molecule has 3 heteroatoms. The van der Waals surface area contributed by atoms with E-state index < -0.39 is 0 Å². The van der Waals surface area contributed by atoms with E-state index in [9.17, 15) is 4.39 Å². The van der Waals surface area contributed by atoms with Crippen molar-refractivity contribution in [2.75, 3.05) is 12.4 Å². The minimum atomic E-state index is -0.334. The highest BCUT2D eigenvalue weighted by Gasteiger charge is 2.03. The van der Waals surface area contributed by atoms with Gasteiger partial charge in [0.25, 0.3) is 0 Å². The topological polar surface area (TPSA) is 32.3 Å². The van der Waals surface area contributed by atoms with Crippen molar-refractivity contribution in [2.24, 2.45) is 0 Å². The highest BCUT2D eigenvalue weighted by atomic mass is 19.1. The van der Waals surface area contributed by atoms with E-state index >= 15 is 0 Å². The molecule has 0 heterocycles. The number of hydrogen-bond acceptors (Lipinski definition) is 2. The highest BCUT2D eigenvalue weighted by molar-refractivity contribution is 5.51. The van der Waals surface area contributed by atoms with Gasteiger partial charge in [0, 0.05) is 12.6 Å². The molecule has 1 aromatic rings. The highest BCUT2D eigenvalue weighted by Crippen LogP contribution is 2.18. The molecule has 11 heavy (non-hydrogen) atoms. The van der Waals surface area contributed by atoms with Crippen LogP contribution in [0.2, 0.25) is 0 Å². The number of aliphatic hydroxyl groups excluding tert-OH is 1. The van der Waals surface area contributed by atoms with Gasteiger partial charge >= 0.3 is 0 Å². The molecule has 0 aromatic heterocycles. The first kappa shape index (κ1) is 8.01. The molecule has 0 aliphatic carbocycles. The molecular weight excluding hydrogens is 145 g/mol. The molecule has 0 saturated carbocycles. The summed E-state index contributed by atoms with van der Waals surface area (Å²) >= 11 is 0. The van der Waals surface area contributed by atoms with Crippen LogP contribution in [0.15, 0.2) is 18.2 Å². The average molecular weight is 155 g/mol. The van der Waals surface area contributed by atoms with E-state index in [1.807, 2.05) is 0 Å². The van der Waals surface area contributed by atoms with Crippen LogP contribution in [0.1, 0.15) is 5.56 Å². The summed E-state index contributed by atoms with van der Waals surface area (Å²) in [5, 5.41) is 11.4. The Hall–Kier alpha value is -1.09. The molecule has 0 aliphatic heterocycles. The number of aliphatic hydroxyl groups is 1. The van der Waals surface area contributed by atoms with Crippen LogP contribution in [-0.2, 0) is 6.61 Å². The monoisotopic (exact) mass is 155 g/mol. The van der Waals surface area contributed by atoms with Crippen molar-refractivity contribution in [2.45, 2.75) is 6.61 Å². The summed E-state index contributed by atoms with van der Waals surface area (Å²) < 4.78 is 12.9. The van der Waals surface area contributed by atoms with Crippen LogP contribution in [0.5, 0.6) is 0 Å². The fraction of sp³-hybridized carbons (Fsp3) is 0.250. The third kappa shape index (κ3) is 1.49. The number of benzene rings is 1. The fourth-order valence-corrected chi connectivity index (χ4v) is 0.981. The van der Waals surface area contributed by atoms with Crippen molar-refractivity contribution in [3.63, 3.8) is 0 Å². The molecule has 0 amide bonds. The maximum absolute atomic E-state index is 12.9. The second-order valence-electron chi connectivity index (χ2n) is 2.18. The lowest BCUT2D eigenvalue weighted by Crippen LogP contribution is -1.98. The number of para-hydroxylation sites is 1. The molecule has 0 bridgehead atoms. The molecule has 1 rings (SSSR count). The van der Waals surface area contributed by atoms with Crippen LogP contribution < -0.4 is 5.32 Å². The molecule has 0 fully saturated rings. The minimum Gasteiger partial charge on any atom is -0.392 e. The predicted octanol–water partition coefficient (Wildman–Crippen LogP) is 1.36. The number of hydrogen-bond donors (Lipinski definition) is 2. The second kappa shape index (κ2) is 3.34. The van der Waals surface area contributed by atoms with Gasteiger partial charge in [-0.25, -0.2) is 4.39 Å². The first-order valence-corrected chi connectivity index (χ1v) is 3.35. The summed E-state index contributed by atoms with van der Waals surface area (Å²) in [5.74, 6) is -0.334. The van der Waals surface area contributed by atoms with Crippen LogP contribution in [0.25, 0.3) is 0 Å². The van der Waals surface area contributed by atoms with Crippen molar-refractivity contribution < 1.29 is 9.50 Å². The summed E-state index contributed by atoms with van der Waals surface area (Å²) in [7, 11) is 1.62. The average Bonchev–Trinajstić information content (AvgIpc) is 2.04. The predicted molar refractivity (Wildman–Crippen MR) is 41.9 cm³/mol. The van der Waals surface area contributed by atoms with Crippen molar-refractivity contribution in [3.8, 4) is 0 Å². The Labute approximate surface area is 64.7 Å². The van der Waals surface area contributed by atoms with Gasteiger partial charge in [-0.1, -0.05) is 12.1 Å². The summed E-state index contributed by atoms with van der Waals surface area (Å²) in [6.45, 7) is -0.145. The number of anilines is 1. The van der Waals surface area contributed by atoms with Gasteiger partial charge < -0.3 is 10.4 Å². The lowest BCUT2D eigenvalue weighted by molar-refractivity contribution is 0.282. The maximum atomic E-state index is 12.9. The van der Waals surface area contributed by atoms with Crippen molar-refractivity contribution in [1.82, 2.24) is 0 Å². The Morgan fingerprint density at radius 2 is 2.27 bits per heavy atom. The second-order valence-corrected chi connectivity index (χ2v) is 2.18. The Morgan fingerprint density at radius 3 is 2.73 bits per heavy atom. The molecule has 0 radical (unpaired) electrons. The van der Waals surface area contributed by atoms with E-state index in [4.69, 9.17) is 5.11 Å². The van der Waals surface area contributed by atoms with Gasteiger partial charge in [-0.05, 0) is 6.07 Å². The van der Waals surface area contributed by atoms with Gasteiger partial charge in [0.1, 0.15) is 5.82 Å². The zero-order valence-corrected chi connectivity index (χ0v) is 6.26. The van der Waals surface area contributed by atoms with Crippen molar-refractivity contribution in [1.29, 1.82) is 0 Å². The van der Waals surface area contributed by atoms with Gasteiger partial charge in [-0.3, -0.25) is 0 Å². The Morgan fingerprint density at radius 1 is 1.55 bits per heavy atom. The van der Waals surface area contributed by atoms with Gasteiger partial charge in [0.05, 0.1) is 12.3 Å². The fourth-order valence-electron chi connectivity index (χ4n) is 0.981. The number of rotatable bonds is 2. The first-order chi connectivity index (χ1) is 5.29. The maximum Gasteiger partial charge on any atom is 0.146 e. The zero-order valence-electron chi connectivity index (χ0n) is 6.26. The Kier molecular flexibility index (Phi) is 2.44. The lowest BCUT2D eigenvalue weighted by atomic mass is 10.2. The van der Waals surface area contributed by atoms with E-state index in [-0.39, 0.29) is 12.4 Å². The molecule has 2 N–H and O–H groups in total. The molecule has 0 unspecified atom stereocenters. The van der Waals surface area contributed by atoms with Gasteiger partial charge in [0.2, 0.25) is 0 Å². The van der Waals surface area contributed by atoms with Crippen LogP contribution in [0, 0.1) is 5.82 Å². The Bertz CT molecular complexity index is 250. The largest absolute Gasteiger partial charge is 0.392 e. The molecule has 1 aromatic carbocycles. The lowest BCUT2D eigenvalue weighted by Gasteiger charge is -2.06. The van der Waals surface area contributed by atoms with E-state index in [1.54, 1.807) is 19.2 Å². The van der Waals surface area contributed by atoms with E-state index in [2.05, 4.69) is 5.32 Å². The summed E-state index contributed by atoms with van der Waals surface area (Å²) in [5.41, 5.74) is 0.947. The first-order valence-electron chi connectivity index (χ1n) is 3.35. The Balaban J connectivity index is 3.13. The SMILES string of the molecule is CNc1c(F)cccc1CO. The third-order valence-corrected chi connectivity index (χ3v) is 1.52. The standard InChI is InChI=1S/C8H10FNO/c1-10-8-6(5-11)3-2-4-7(8)9/h2-4,10-11H,5H2,1H3. The normalized spacial score (nSPS) is 9.73. The minimum absolute atomic E-state index is 0.145. The van der Waals surface area contributed by atoms with Crippen molar-refractivity contribution in [3.05, 3.63) is 29.6 Å². The summed E-state index contributed by atoms with van der Waals surface area (Å²) in [6.07, 6.45) is 0. The molecule has 0 saturated heterocycles. The van der Waals surface area contributed by atoms with E-state index in [1.165, 1.54) is 6.07 Å². The van der Waals surface area contributed by atoms with Crippen LogP contribution in [0.4, 0.5) is 10.1 Å². The van der Waals surface area contributed by atoms with E-state index in [0.717, 1.165) is 0 Å². The van der Waals surface area contributed by atoms with Crippen LogP contribution in [-0.4, -0.2) is 12.2 Å². The number of nitrogens with one attached hydrogen (secondary N) is 1. The van der Waals surface area contributed by atoms with E-state index in [0.29, 0.717) is 11.3 Å². The summed E-state index contributed by atoms with van der Waals surface area (Å²) in [4.78, 5) is 0. The molecule has 0 aliphatic rings. The van der Waals surface area contributed by atoms with Crippen molar-refractivity contribution >= 4 is 5.69 Å². The van der Waals surface area contributed by atoms with Gasteiger partial charge in [-0.2, -0.15) is 0 Å². The van der Waals surface area contributed by atoms with Gasteiger partial charge in [-0.15, -0.1) is 0 Å². The molecule has 0 atom stereocenters. The smallest absolute Gasteiger partial charge is 0.146 e. The van der Waals surface area contributed by atoms with Crippen LogP contribution in [0.3, 0.4) is 0 Å². The zero-order chi connectivity index (χ0) is 8.27. The quantitative estimate of drug-likeness (QED) is 0.675. The number of halogens is 1. The van der Waals surface area contributed by atoms with Crippen LogP contribution >= 0.6 is 0 Å². The third-order valence-electron chi connectivity index (χ3n) is 1.52. The molecule has 60 valence electrons.